The number of hydrogen-bond donors (Lipinski definition) is 1. The first-order valence-electron chi connectivity index (χ1n) is 10.7. The van der Waals surface area contributed by atoms with E-state index in [1.165, 1.54) is 11.3 Å². The van der Waals surface area contributed by atoms with E-state index in [0.29, 0.717) is 40.2 Å². The average molecular weight is 481 g/mol. The second-order valence-electron chi connectivity index (χ2n) is 7.62. The molecule has 0 aliphatic rings. The third-order valence-corrected chi connectivity index (χ3v) is 6.87. The Labute approximate surface area is 202 Å². The Hall–Kier alpha value is -3.16. The molecule has 0 bridgehead atoms. The molecule has 170 valence electrons. The van der Waals surface area contributed by atoms with Crippen LogP contribution in [-0.4, -0.2) is 27.3 Å². The first kappa shape index (κ1) is 23.0. The molecule has 2 aromatic carbocycles. The molecule has 0 saturated heterocycles. The Morgan fingerprint density at radius 1 is 1.09 bits per heavy atom. The molecule has 8 heteroatoms. The molecule has 4 rings (SSSR count). The first-order chi connectivity index (χ1) is 15.9. The Kier molecular flexibility index (Phi) is 6.81. The van der Waals surface area contributed by atoms with Gasteiger partial charge in [-0.05, 0) is 51.5 Å². The molecule has 0 aliphatic carbocycles. The highest BCUT2D eigenvalue weighted by Crippen LogP contribution is 2.29. The number of carbonyl (C=O) groups excluding carboxylic acids is 1. The maximum absolute atomic E-state index is 13.0. The number of anilines is 1. The van der Waals surface area contributed by atoms with Crippen molar-refractivity contribution in [1.82, 2.24) is 14.8 Å². The normalized spacial score (nSPS) is 10.9. The van der Waals surface area contributed by atoms with Gasteiger partial charge in [0.2, 0.25) is 5.13 Å². The van der Waals surface area contributed by atoms with Gasteiger partial charge in [0.25, 0.3) is 5.91 Å². The molecule has 6 nitrogen and oxygen atoms in total. The number of thiazole rings is 1. The van der Waals surface area contributed by atoms with Crippen LogP contribution in [0, 0.1) is 20.8 Å². The fourth-order valence-electron chi connectivity index (χ4n) is 3.66. The van der Waals surface area contributed by atoms with Gasteiger partial charge in [-0.2, -0.15) is 5.10 Å². The topological polar surface area (TPSA) is 69.0 Å². The van der Waals surface area contributed by atoms with Gasteiger partial charge in [0.05, 0.1) is 23.7 Å². The minimum absolute atomic E-state index is 0.221. The summed E-state index contributed by atoms with van der Waals surface area (Å²) in [6, 6.07) is 15.2. The lowest BCUT2D eigenvalue weighted by Crippen LogP contribution is -2.12. The smallest absolute Gasteiger partial charge is 0.267 e. The number of halogens is 1. The monoisotopic (exact) mass is 480 g/mol. The van der Waals surface area contributed by atoms with Crippen LogP contribution in [0.25, 0.3) is 5.13 Å². The van der Waals surface area contributed by atoms with Crippen molar-refractivity contribution in [3.8, 4) is 10.9 Å². The summed E-state index contributed by atoms with van der Waals surface area (Å²) in [6.45, 7) is 8.26. The number of nitrogens with zero attached hydrogens (tertiary/aromatic N) is 3. The summed E-state index contributed by atoms with van der Waals surface area (Å²) in [5.41, 5.74) is 5.33. The van der Waals surface area contributed by atoms with Crippen LogP contribution in [0.3, 0.4) is 0 Å². The van der Waals surface area contributed by atoms with Crippen molar-refractivity contribution < 1.29 is 9.53 Å². The summed E-state index contributed by atoms with van der Waals surface area (Å²) >= 11 is 7.68. The molecule has 1 amide bonds. The van der Waals surface area contributed by atoms with Crippen LogP contribution in [0.4, 0.5) is 5.69 Å². The fourth-order valence-corrected chi connectivity index (χ4v) is 4.83. The molecule has 1 N–H and O–H groups in total. The van der Waals surface area contributed by atoms with Gasteiger partial charge in [0, 0.05) is 22.7 Å². The summed E-state index contributed by atoms with van der Waals surface area (Å²) in [5, 5.41) is 9.05. The Morgan fingerprint density at radius 2 is 1.82 bits per heavy atom. The van der Waals surface area contributed by atoms with E-state index in [9.17, 15) is 4.79 Å². The van der Waals surface area contributed by atoms with Crippen molar-refractivity contribution in [2.24, 2.45) is 0 Å². The lowest BCUT2D eigenvalue weighted by atomic mass is 10.0. The Bertz CT molecular complexity index is 1310. The quantitative estimate of drug-likeness (QED) is 0.344. The number of hydrogen-bond acceptors (Lipinski definition) is 5. The predicted octanol–water partition coefficient (Wildman–Crippen LogP) is 6.15. The lowest BCUT2D eigenvalue weighted by molar-refractivity contribution is 0.102. The van der Waals surface area contributed by atoms with E-state index in [0.717, 1.165) is 27.5 Å². The molecule has 0 unspecified atom stereocenters. The van der Waals surface area contributed by atoms with E-state index in [-0.39, 0.29) is 5.91 Å². The van der Waals surface area contributed by atoms with Gasteiger partial charge in [-0.25, -0.2) is 9.67 Å². The van der Waals surface area contributed by atoms with Crippen LogP contribution in [0.1, 0.15) is 44.8 Å². The van der Waals surface area contributed by atoms with E-state index in [4.69, 9.17) is 21.4 Å². The van der Waals surface area contributed by atoms with Crippen LogP contribution in [0.5, 0.6) is 5.75 Å². The fraction of sp³-hybridized carbons (Fsp3) is 0.240. The number of aromatic nitrogens is 3. The lowest BCUT2D eigenvalue weighted by Gasteiger charge is -2.10. The molecule has 0 atom stereocenters. The second kappa shape index (κ2) is 9.77. The van der Waals surface area contributed by atoms with Crippen LogP contribution in [0.2, 0.25) is 5.02 Å². The third kappa shape index (κ3) is 4.79. The summed E-state index contributed by atoms with van der Waals surface area (Å²) in [6.07, 6.45) is 0.684. The number of carbonyl (C=O) groups is 1. The molecule has 33 heavy (non-hydrogen) atoms. The van der Waals surface area contributed by atoms with Gasteiger partial charge in [0.15, 0.2) is 0 Å². The summed E-state index contributed by atoms with van der Waals surface area (Å²) in [5.74, 6) is 0.416. The SMILES string of the molecule is CCOc1ccccc1NC(=O)c1sc(-n2nc(C)c(Cc3ccccc3Cl)c2C)nc1C. The predicted molar refractivity (Wildman–Crippen MR) is 133 cm³/mol. The first-order valence-corrected chi connectivity index (χ1v) is 11.9. The molecule has 0 spiro atoms. The highest BCUT2D eigenvalue weighted by molar-refractivity contribution is 7.16. The molecular formula is C25H25ClN4O2S. The number of rotatable bonds is 7. The zero-order valence-electron chi connectivity index (χ0n) is 19.0. The maximum Gasteiger partial charge on any atom is 0.267 e. The number of amides is 1. The molecule has 0 fully saturated rings. The minimum atomic E-state index is -0.221. The van der Waals surface area contributed by atoms with Gasteiger partial charge < -0.3 is 10.1 Å². The van der Waals surface area contributed by atoms with Crippen molar-refractivity contribution in [2.75, 3.05) is 11.9 Å². The number of nitrogens with one attached hydrogen (secondary N) is 1. The molecule has 0 saturated carbocycles. The standard InChI is InChI=1S/C25H25ClN4O2S/c1-5-32-22-13-9-8-12-21(22)28-24(31)23-16(3)27-25(33-23)30-17(4)19(15(2)29-30)14-18-10-6-7-11-20(18)26/h6-13H,5,14H2,1-4H3,(H,28,31). The second-order valence-corrected chi connectivity index (χ2v) is 9.01. The van der Waals surface area contributed by atoms with Gasteiger partial charge in [-0.1, -0.05) is 53.3 Å². The van der Waals surface area contributed by atoms with Crippen molar-refractivity contribution in [1.29, 1.82) is 0 Å². The largest absolute Gasteiger partial charge is 0.492 e. The van der Waals surface area contributed by atoms with Crippen molar-refractivity contribution in [2.45, 2.75) is 34.1 Å². The zero-order valence-corrected chi connectivity index (χ0v) is 20.5. The van der Waals surface area contributed by atoms with Crippen LogP contribution in [-0.2, 0) is 6.42 Å². The van der Waals surface area contributed by atoms with Crippen molar-refractivity contribution >= 4 is 34.5 Å². The van der Waals surface area contributed by atoms with E-state index in [1.807, 2.05) is 80.9 Å². The van der Waals surface area contributed by atoms with E-state index >= 15 is 0 Å². The van der Waals surface area contributed by atoms with Gasteiger partial charge >= 0.3 is 0 Å². The third-order valence-electron chi connectivity index (χ3n) is 5.37. The highest BCUT2D eigenvalue weighted by atomic mass is 35.5. The molecule has 0 radical (unpaired) electrons. The molecule has 2 heterocycles. The maximum atomic E-state index is 13.0. The van der Waals surface area contributed by atoms with Gasteiger partial charge in [0.1, 0.15) is 10.6 Å². The minimum Gasteiger partial charge on any atom is -0.492 e. The van der Waals surface area contributed by atoms with E-state index in [1.54, 1.807) is 0 Å². The van der Waals surface area contributed by atoms with Crippen LogP contribution < -0.4 is 10.1 Å². The van der Waals surface area contributed by atoms with Crippen LogP contribution >= 0.6 is 22.9 Å². The summed E-state index contributed by atoms with van der Waals surface area (Å²) in [7, 11) is 0. The van der Waals surface area contributed by atoms with Crippen LogP contribution in [0.15, 0.2) is 48.5 Å². The van der Waals surface area contributed by atoms with Gasteiger partial charge in [-0.15, -0.1) is 0 Å². The summed E-state index contributed by atoms with van der Waals surface area (Å²) < 4.78 is 7.43. The molecular weight excluding hydrogens is 456 g/mol. The molecule has 0 aliphatic heterocycles. The Morgan fingerprint density at radius 3 is 2.58 bits per heavy atom. The van der Waals surface area contributed by atoms with Crippen molar-refractivity contribution in [3.05, 3.63) is 86.6 Å². The highest BCUT2D eigenvalue weighted by Gasteiger charge is 2.21. The summed E-state index contributed by atoms with van der Waals surface area (Å²) in [4.78, 5) is 18.2. The molecule has 2 aromatic heterocycles. The van der Waals surface area contributed by atoms with Crippen molar-refractivity contribution in [3.63, 3.8) is 0 Å². The molecule has 4 aromatic rings. The average Bonchev–Trinajstić information content (AvgIpc) is 3.31. The number of ether oxygens (including phenoxy) is 1. The number of benzene rings is 2. The Balaban J connectivity index is 1.61. The van der Waals surface area contributed by atoms with E-state index < -0.39 is 0 Å². The van der Waals surface area contributed by atoms with E-state index in [2.05, 4.69) is 10.3 Å². The zero-order chi connectivity index (χ0) is 23.5. The van der Waals surface area contributed by atoms with Gasteiger partial charge in [-0.3, -0.25) is 4.79 Å². The number of aryl methyl sites for hydroxylation is 2. The number of para-hydroxylation sites is 2.